The number of nitrogens with zero attached hydrogens (tertiary/aromatic N) is 2. The molecule has 0 spiro atoms. The highest BCUT2D eigenvalue weighted by Gasteiger charge is 2.13. The third-order valence-corrected chi connectivity index (χ3v) is 1.97. The summed E-state index contributed by atoms with van der Waals surface area (Å²) in [5, 5.41) is 0. The van der Waals surface area contributed by atoms with E-state index in [9.17, 15) is 4.79 Å². The standard InChI is InChI=1S/C10H15N3O/c1-12(2)10(14)13(3)9-7-5-4-6-8(9)11/h4-7H,11H2,1-3H3. The molecule has 0 unspecified atom stereocenters. The van der Waals surface area contributed by atoms with Gasteiger partial charge in [0.2, 0.25) is 0 Å². The Labute approximate surface area is 83.9 Å². The van der Waals surface area contributed by atoms with Crippen LogP contribution in [0.4, 0.5) is 16.2 Å². The summed E-state index contributed by atoms with van der Waals surface area (Å²) in [4.78, 5) is 14.6. The largest absolute Gasteiger partial charge is 0.397 e. The molecule has 0 aliphatic rings. The molecule has 1 aromatic carbocycles. The molecule has 0 radical (unpaired) electrons. The number of nitrogens with two attached hydrogens (primary N) is 1. The van der Waals surface area contributed by atoms with Gasteiger partial charge in [-0.05, 0) is 12.1 Å². The molecule has 0 saturated heterocycles. The van der Waals surface area contributed by atoms with Crippen LogP contribution in [-0.4, -0.2) is 32.1 Å². The lowest BCUT2D eigenvalue weighted by atomic mass is 10.2. The van der Waals surface area contributed by atoms with E-state index < -0.39 is 0 Å². The number of nitrogen functional groups attached to an aromatic ring is 1. The van der Waals surface area contributed by atoms with E-state index in [0.717, 1.165) is 5.69 Å². The zero-order valence-corrected chi connectivity index (χ0v) is 8.69. The second-order valence-corrected chi connectivity index (χ2v) is 3.29. The predicted molar refractivity (Wildman–Crippen MR) is 58.3 cm³/mol. The van der Waals surface area contributed by atoms with Gasteiger partial charge < -0.3 is 10.6 Å². The molecule has 0 aromatic heterocycles. The maximum Gasteiger partial charge on any atom is 0.323 e. The molecule has 0 aliphatic carbocycles. The van der Waals surface area contributed by atoms with Crippen LogP contribution in [0.1, 0.15) is 0 Å². The van der Waals surface area contributed by atoms with Crippen LogP contribution >= 0.6 is 0 Å². The molecule has 2 amide bonds. The van der Waals surface area contributed by atoms with Crippen molar-refractivity contribution >= 4 is 17.4 Å². The van der Waals surface area contributed by atoms with Gasteiger partial charge in [0.1, 0.15) is 0 Å². The summed E-state index contributed by atoms with van der Waals surface area (Å²) in [7, 11) is 5.12. The molecule has 14 heavy (non-hydrogen) atoms. The molecular weight excluding hydrogens is 178 g/mol. The lowest BCUT2D eigenvalue weighted by Crippen LogP contribution is -2.36. The number of amides is 2. The van der Waals surface area contributed by atoms with Crippen LogP contribution in [0.2, 0.25) is 0 Å². The van der Waals surface area contributed by atoms with Gasteiger partial charge in [0, 0.05) is 21.1 Å². The first-order valence-corrected chi connectivity index (χ1v) is 4.33. The fourth-order valence-electron chi connectivity index (χ4n) is 1.20. The lowest BCUT2D eigenvalue weighted by Gasteiger charge is -2.22. The van der Waals surface area contributed by atoms with E-state index in [1.165, 1.54) is 9.80 Å². The average Bonchev–Trinajstić information content (AvgIpc) is 2.16. The Morgan fingerprint density at radius 1 is 1.21 bits per heavy atom. The SMILES string of the molecule is CN(C)C(=O)N(C)c1ccccc1N. The molecule has 0 saturated carbocycles. The molecule has 1 rings (SSSR count). The molecule has 4 nitrogen and oxygen atoms in total. The van der Waals surface area contributed by atoms with Gasteiger partial charge in [0.25, 0.3) is 0 Å². The van der Waals surface area contributed by atoms with Crippen molar-refractivity contribution in [3.05, 3.63) is 24.3 Å². The van der Waals surface area contributed by atoms with Gasteiger partial charge >= 0.3 is 6.03 Å². The number of urea groups is 1. The van der Waals surface area contributed by atoms with Gasteiger partial charge in [0.05, 0.1) is 11.4 Å². The Balaban J connectivity index is 2.95. The minimum atomic E-state index is -0.0945. The summed E-state index contributed by atoms with van der Waals surface area (Å²) < 4.78 is 0. The highest BCUT2D eigenvalue weighted by atomic mass is 16.2. The van der Waals surface area contributed by atoms with Gasteiger partial charge in [-0.3, -0.25) is 4.90 Å². The quantitative estimate of drug-likeness (QED) is 0.685. The average molecular weight is 193 g/mol. The van der Waals surface area contributed by atoms with Crippen LogP contribution in [0.3, 0.4) is 0 Å². The molecule has 0 aliphatic heterocycles. The van der Waals surface area contributed by atoms with E-state index in [0.29, 0.717) is 5.69 Å². The van der Waals surface area contributed by atoms with Crippen molar-refractivity contribution < 1.29 is 4.79 Å². The molecule has 2 N–H and O–H groups in total. The van der Waals surface area contributed by atoms with Gasteiger partial charge in [-0.1, -0.05) is 12.1 Å². The second-order valence-electron chi connectivity index (χ2n) is 3.29. The Morgan fingerprint density at radius 3 is 2.29 bits per heavy atom. The number of para-hydroxylation sites is 2. The van der Waals surface area contributed by atoms with Crippen LogP contribution in [0, 0.1) is 0 Å². The topological polar surface area (TPSA) is 49.6 Å². The van der Waals surface area contributed by atoms with E-state index in [4.69, 9.17) is 5.73 Å². The van der Waals surface area contributed by atoms with Crippen molar-refractivity contribution in [3.8, 4) is 0 Å². The van der Waals surface area contributed by atoms with Gasteiger partial charge in [-0.15, -0.1) is 0 Å². The van der Waals surface area contributed by atoms with Crippen molar-refractivity contribution in [3.63, 3.8) is 0 Å². The van der Waals surface area contributed by atoms with E-state index in [2.05, 4.69) is 0 Å². The summed E-state index contributed by atoms with van der Waals surface area (Å²) in [6.07, 6.45) is 0. The monoisotopic (exact) mass is 193 g/mol. The van der Waals surface area contributed by atoms with Crippen molar-refractivity contribution in [2.24, 2.45) is 0 Å². The fraction of sp³-hybridized carbons (Fsp3) is 0.300. The van der Waals surface area contributed by atoms with Crippen LogP contribution < -0.4 is 10.6 Å². The first-order valence-electron chi connectivity index (χ1n) is 4.33. The molecular formula is C10H15N3O. The number of carbonyl (C=O) groups excluding carboxylic acids is 1. The maximum atomic E-state index is 11.6. The fourth-order valence-corrected chi connectivity index (χ4v) is 1.20. The molecule has 0 atom stereocenters. The Bertz CT molecular complexity index is 336. The van der Waals surface area contributed by atoms with E-state index in [1.807, 2.05) is 18.2 Å². The number of carbonyl (C=O) groups is 1. The normalized spacial score (nSPS) is 9.64. The minimum Gasteiger partial charge on any atom is -0.397 e. The van der Waals surface area contributed by atoms with Gasteiger partial charge in [-0.2, -0.15) is 0 Å². The zero-order chi connectivity index (χ0) is 10.7. The summed E-state index contributed by atoms with van der Waals surface area (Å²) in [6, 6.07) is 7.19. The molecule has 0 heterocycles. The third kappa shape index (κ3) is 1.96. The lowest BCUT2D eigenvalue weighted by molar-refractivity contribution is 0.225. The van der Waals surface area contributed by atoms with E-state index in [-0.39, 0.29) is 6.03 Å². The molecule has 1 aromatic rings. The summed E-state index contributed by atoms with van der Waals surface area (Å²) in [5.41, 5.74) is 7.08. The maximum absolute atomic E-state index is 11.6. The van der Waals surface area contributed by atoms with Gasteiger partial charge in [-0.25, -0.2) is 4.79 Å². The number of anilines is 2. The highest BCUT2D eigenvalue weighted by molar-refractivity contribution is 5.94. The van der Waals surface area contributed by atoms with Crippen LogP contribution in [0.15, 0.2) is 24.3 Å². The van der Waals surface area contributed by atoms with Crippen molar-refractivity contribution in [1.29, 1.82) is 0 Å². The number of benzene rings is 1. The Morgan fingerprint density at radius 2 is 1.79 bits per heavy atom. The number of rotatable bonds is 1. The van der Waals surface area contributed by atoms with E-state index in [1.54, 1.807) is 27.2 Å². The second kappa shape index (κ2) is 4.00. The van der Waals surface area contributed by atoms with Crippen LogP contribution in [0.25, 0.3) is 0 Å². The van der Waals surface area contributed by atoms with Crippen LogP contribution in [-0.2, 0) is 0 Å². The third-order valence-electron chi connectivity index (χ3n) is 1.97. The first kappa shape index (κ1) is 10.4. The zero-order valence-electron chi connectivity index (χ0n) is 8.69. The number of hydrogen-bond donors (Lipinski definition) is 1. The van der Waals surface area contributed by atoms with Crippen LogP contribution in [0.5, 0.6) is 0 Å². The van der Waals surface area contributed by atoms with Crippen molar-refractivity contribution in [2.75, 3.05) is 31.8 Å². The van der Waals surface area contributed by atoms with E-state index >= 15 is 0 Å². The Hall–Kier alpha value is -1.71. The summed E-state index contributed by atoms with van der Waals surface area (Å²) >= 11 is 0. The minimum absolute atomic E-state index is 0.0945. The smallest absolute Gasteiger partial charge is 0.323 e. The molecule has 0 fully saturated rings. The molecule has 0 bridgehead atoms. The van der Waals surface area contributed by atoms with Crippen molar-refractivity contribution in [1.82, 2.24) is 4.90 Å². The Kier molecular flexibility index (Phi) is 2.96. The van der Waals surface area contributed by atoms with Gasteiger partial charge in [0.15, 0.2) is 0 Å². The molecule has 76 valence electrons. The molecule has 4 heteroatoms. The summed E-state index contributed by atoms with van der Waals surface area (Å²) in [5.74, 6) is 0. The van der Waals surface area contributed by atoms with Crippen molar-refractivity contribution in [2.45, 2.75) is 0 Å². The predicted octanol–water partition coefficient (Wildman–Crippen LogP) is 1.39. The first-order chi connectivity index (χ1) is 6.54. The number of hydrogen-bond acceptors (Lipinski definition) is 2. The highest BCUT2D eigenvalue weighted by Crippen LogP contribution is 2.21. The summed E-state index contributed by atoms with van der Waals surface area (Å²) in [6.45, 7) is 0.